The molecule has 110 valence electrons. The van der Waals surface area contributed by atoms with Crippen molar-refractivity contribution in [3.63, 3.8) is 0 Å². The van der Waals surface area contributed by atoms with Gasteiger partial charge in [0.25, 0.3) is 5.91 Å². The van der Waals surface area contributed by atoms with E-state index in [1.165, 1.54) is 0 Å². The number of rotatable bonds is 6. The predicted molar refractivity (Wildman–Crippen MR) is 75.4 cm³/mol. The fourth-order valence-electron chi connectivity index (χ4n) is 1.73. The number of benzene rings is 1. The molecule has 0 saturated heterocycles. The molecule has 1 atom stereocenters. The number of nitrogen functional groups attached to an aromatic ring is 1. The van der Waals surface area contributed by atoms with Gasteiger partial charge >= 0.3 is 5.97 Å². The van der Waals surface area contributed by atoms with Gasteiger partial charge in [0.15, 0.2) is 6.61 Å². The first-order chi connectivity index (χ1) is 9.43. The first kappa shape index (κ1) is 16.0. The molecule has 0 aromatic heterocycles. The minimum Gasteiger partial charge on any atom is -0.452 e. The second kappa shape index (κ2) is 7.49. The van der Waals surface area contributed by atoms with Gasteiger partial charge in [0.2, 0.25) is 0 Å². The Hall–Kier alpha value is -2.08. The van der Waals surface area contributed by atoms with Crippen LogP contribution in [0.25, 0.3) is 0 Å². The van der Waals surface area contributed by atoms with E-state index in [9.17, 15) is 9.59 Å². The molecule has 1 unspecified atom stereocenters. The lowest BCUT2D eigenvalue weighted by Gasteiger charge is -2.13. The van der Waals surface area contributed by atoms with Gasteiger partial charge in [0.1, 0.15) is 0 Å². The Morgan fingerprint density at radius 1 is 1.40 bits per heavy atom. The molecule has 0 fully saturated rings. The maximum absolute atomic E-state index is 11.8. The van der Waals surface area contributed by atoms with Crippen molar-refractivity contribution in [3.8, 4) is 0 Å². The highest BCUT2D eigenvalue weighted by molar-refractivity contribution is 5.93. The van der Waals surface area contributed by atoms with Crippen LogP contribution in [0.3, 0.4) is 0 Å². The van der Waals surface area contributed by atoms with Crippen molar-refractivity contribution < 1.29 is 19.1 Å². The second-order valence-corrected chi connectivity index (χ2v) is 4.57. The largest absolute Gasteiger partial charge is 0.452 e. The van der Waals surface area contributed by atoms with Crippen LogP contribution in [-0.2, 0) is 14.3 Å². The average molecular weight is 280 g/mol. The lowest BCUT2D eigenvalue weighted by molar-refractivity contribution is -0.125. The number of anilines is 1. The summed E-state index contributed by atoms with van der Waals surface area (Å²) in [5.41, 5.74) is 7.29. The molecule has 6 heteroatoms. The highest BCUT2D eigenvalue weighted by Crippen LogP contribution is 2.13. The summed E-state index contributed by atoms with van der Waals surface area (Å²) in [4.78, 5) is 23.4. The van der Waals surface area contributed by atoms with Crippen molar-refractivity contribution in [1.29, 1.82) is 0 Å². The quantitative estimate of drug-likeness (QED) is 0.596. The molecule has 0 aliphatic heterocycles. The Balaban J connectivity index is 2.49. The summed E-state index contributed by atoms with van der Waals surface area (Å²) in [5, 5.41) is 2.65. The minimum absolute atomic E-state index is 0.135. The first-order valence-corrected chi connectivity index (χ1v) is 6.25. The molecule has 1 aromatic rings. The van der Waals surface area contributed by atoms with Gasteiger partial charge < -0.3 is 20.5 Å². The fourth-order valence-corrected chi connectivity index (χ4v) is 1.73. The van der Waals surface area contributed by atoms with Crippen LogP contribution in [0.5, 0.6) is 0 Å². The van der Waals surface area contributed by atoms with Gasteiger partial charge in [0, 0.05) is 18.8 Å². The number of nitrogens with two attached hydrogens (primary N) is 1. The number of esters is 1. The lowest BCUT2D eigenvalue weighted by atomic mass is 10.1. The van der Waals surface area contributed by atoms with Crippen LogP contribution < -0.4 is 11.1 Å². The van der Waals surface area contributed by atoms with Gasteiger partial charge in [-0.25, -0.2) is 4.79 Å². The standard InChI is InChI=1S/C14H20N2O4/c1-9-6-11(15)4-5-12(9)14(18)20-8-13(17)16-10(2)7-19-3/h4-6,10H,7-8,15H2,1-3H3,(H,16,17). The summed E-state index contributed by atoms with van der Waals surface area (Å²) in [5.74, 6) is -0.909. The highest BCUT2D eigenvalue weighted by Gasteiger charge is 2.13. The Morgan fingerprint density at radius 2 is 2.10 bits per heavy atom. The van der Waals surface area contributed by atoms with E-state index in [0.29, 0.717) is 23.4 Å². The second-order valence-electron chi connectivity index (χ2n) is 4.57. The van der Waals surface area contributed by atoms with Crippen LogP contribution in [0, 0.1) is 6.92 Å². The van der Waals surface area contributed by atoms with Crippen molar-refractivity contribution in [2.24, 2.45) is 0 Å². The molecule has 20 heavy (non-hydrogen) atoms. The molecular formula is C14H20N2O4. The predicted octanol–water partition coefficient (Wildman–Crippen LogP) is 0.885. The van der Waals surface area contributed by atoms with Crippen LogP contribution >= 0.6 is 0 Å². The van der Waals surface area contributed by atoms with Crippen LogP contribution in [0.1, 0.15) is 22.8 Å². The monoisotopic (exact) mass is 280 g/mol. The minimum atomic E-state index is -0.544. The molecule has 1 aromatic carbocycles. The summed E-state index contributed by atoms with van der Waals surface area (Å²) in [7, 11) is 1.55. The third-order valence-electron chi connectivity index (χ3n) is 2.63. The summed E-state index contributed by atoms with van der Waals surface area (Å²) in [6.45, 7) is 3.63. The van der Waals surface area contributed by atoms with E-state index in [1.807, 2.05) is 0 Å². The van der Waals surface area contributed by atoms with Crippen molar-refractivity contribution >= 4 is 17.6 Å². The van der Waals surface area contributed by atoms with Crippen molar-refractivity contribution in [2.75, 3.05) is 26.1 Å². The number of aryl methyl sites for hydroxylation is 1. The molecule has 0 bridgehead atoms. The third kappa shape index (κ3) is 4.89. The maximum atomic E-state index is 11.8. The number of hydrogen-bond acceptors (Lipinski definition) is 5. The smallest absolute Gasteiger partial charge is 0.338 e. The number of methoxy groups -OCH3 is 1. The SMILES string of the molecule is COCC(C)NC(=O)COC(=O)c1ccc(N)cc1C. The normalized spacial score (nSPS) is 11.8. The molecule has 1 rings (SSSR count). The summed E-state index contributed by atoms with van der Waals surface area (Å²) in [6, 6.07) is 4.74. The number of carbonyl (C=O) groups excluding carboxylic acids is 2. The molecule has 0 heterocycles. The van der Waals surface area contributed by atoms with Crippen molar-refractivity contribution in [2.45, 2.75) is 19.9 Å². The molecule has 0 radical (unpaired) electrons. The molecule has 1 amide bonds. The Bertz CT molecular complexity index is 488. The summed E-state index contributed by atoms with van der Waals surface area (Å²) in [6.07, 6.45) is 0. The van der Waals surface area contributed by atoms with E-state index < -0.39 is 5.97 Å². The van der Waals surface area contributed by atoms with Crippen molar-refractivity contribution in [1.82, 2.24) is 5.32 Å². The van der Waals surface area contributed by atoms with E-state index >= 15 is 0 Å². The van der Waals surface area contributed by atoms with Crippen molar-refractivity contribution in [3.05, 3.63) is 29.3 Å². The van der Waals surface area contributed by atoms with Gasteiger partial charge in [-0.1, -0.05) is 0 Å². The Kier molecular flexibility index (Phi) is 5.99. The lowest BCUT2D eigenvalue weighted by Crippen LogP contribution is -2.38. The van der Waals surface area contributed by atoms with Crippen LogP contribution in [0.2, 0.25) is 0 Å². The van der Waals surface area contributed by atoms with Crippen LogP contribution in [-0.4, -0.2) is 38.2 Å². The van der Waals surface area contributed by atoms with Crippen LogP contribution in [0.4, 0.5) is 5.69 Å². The average Bonchev–Trinajstić information content (AvgIpc) is 2.36. The van der Waals surface area contributed by atoms with Crippen LogP contribution in [0.15, 0.2) is 18.2 Å². The number of hydrogen-bond donors (Lipinski definition) is 2. The topological polar surface area (TPSA) is 90.6 Å². The Labute approximate surface area is 118 Å². The molecule has 0 spiro atoms. The maximum Gasteiger partial charge on any atom is 0.338 e. The molecule has 3 N–H and O–H groups in total. The number of amides is 1. The number of carbonyl (C=O) groups is 2. The van der Waals surface area contributed by atoms with E-state index in [4.69, 9.17) is 15.2 Å². The molecule has 0 aliphatic rings. The van der Waals surface area contributed by atoms with Gasteiger partial charge in [-0.3, -0.25) is 4.79 Å². The van der Waals surface area contributed by atoms with E-state index in [1.54, 1.807) is 39.2 Å². The van der Waals surface area contributed by atoms with Gasteiger partial charge in [0.05, 0.1) is 12.2 Å². The van der Waals surface area contributed by atoms with Gasteiger partial charge in [-0.05, 0) is 37.6 Å². The molecule has 0 aliphatic carbocycles. The molecule has 0 saturated carbocycles. The number of ether oxygens (including phenoxy) is 2. The zero-order valence-corrected chi connectivity index (χ0v) is 11.9. The molecular weight excluding hydrogens is 260 g/mol. The zero-order chi connectivity index (χ0) is 15.1. The van der Waals surface area contributed by atoms with Gasteiger partial charge in [-0.15, -0.1) is 0 Å². The molecule has 6 nitrogen and oxygen atoms in total. The van der Waals surface area contributed by atoms with E-state index in [2.05, 4.69) is 5.32 Å². The van der Waals surface area contributed by atoms with Gasteiger partial charge in [-0.2, -0.15) is 0 Å². The zero-order valence-electron chi connectivity index (χ0n) is 11.9. The highest BCUT2D eigenvalue weighted by atomic mass is 16.5. The fraction of sp³-hybridized carbons (Fsp3) is 0.429. The van der Waals surface area contributed by atoms with E-state index in [0.717, 1.165) is 0 Å². The Morgan fingerprint density at radius 3 is 2.70 bits per heavy atom. The first-order valence-electron chi connectivity index (χ1n) is 6.25. The number of nitrogens with one attached hydrogen (secondary N) is 1. The summed E-state index contributed by atoms with van der Waals surface area (Å²) >= 11 is 0. The summed E-state index contributed by atoms with van der Waals surface area (Å²) < 4.78 is 9.85. The van der Waals surface area contributed by atoms with E-state index in [-0.39, 0.29) is 18.6 Å². The third-order valence-corrected chi connectivity index (χ3v) is 2.63.